The van der Waals surface area contributed by atoms with Crippen LogP contribution < -0.4 is 5.73 Å². The van der Waals surface area contributed by atoms with E-state index < -0.39 is 6.10 Å². The standard InChI is InChI=1S/C8H8Cl2N2O/c9-4-2-1-3-5(10)6(4)7(13)8(11)12/h1-3,7,13H,(H3,11,12)/t7-/m1/s1. The fourth-order valence-corrected chi connectivity index (χ4v) is 1.53. The summed E-state index contributed by atoms with van der Waals surface area (Å²) in [5.74, 6) is -0.380. The average molecular weight is 219 g/mol. The Morgan fingerprint density at radius 1 is 1.38 bits per heavy atom. The van der Waals surface area contributed by atoms with Gasteiger partial charge in [-0.25, -0.2) is 0 Å². The molecule has 0 aliphatic carbocycles. The number of benzene rings is 1. The van der Waals surface area contributed by atoms with Crippen LogP contribution in [0.5, 0.6) is 0 Å². The molecule has 1 aromatic rings. The number of amidine groups is 1. The predicted molar refractivity (Wildman–Crippen MR) is 53.3 cm³/mol. The first-order valence-corrected chi connectivity index (χ1v) is 4.25. The second-order valence-corrected chi connectivity index (χ2v) is 3.31. The maximum Gasteiger partial charge on any atom is 0.138 e. The third-order valence-electron chi connectivity index (χ3n) is 1.57. The summed E-state index contributed by atoms with van der Waals surface area (Å²) in [5, 5.41) is 17.1. The number of hydrogen-bond donors (Lipinski definition) is 3. The first-order chi connectivity index (χ1) is 6.04. The Hall–Kier alpha value is -0.770. The van der Waals surface area contributed by atoms with Gasteiger partial charge in [-0.15, -0.1) is 0 Å². The normalized spacial score (nSPS) is 12.5. The highest BCUT2D eigenvalue weighted by molar-refractivity contribution is 6.36. The van der Waals surface area contributed by atoms with E-state index in [1.54, 1.807) is 18.2 Å². The van der Waals surface area contributed by atoms with Crippen molar-refractivity contribution >= 4 is 29.0 Å². The molecule has 4 N–H and O–H groups in total. The molecular formula is C8H8Cl2N2O. The van der Waals surface area contributed by atoms with Crippen LogP contribution in [-0.4, -0.2) is 10.9 Å². The van der Waals surface area contributed by atoms with Crippen LogP contribution in [0.2, 0.25) is 10.0 Å². The van der Waals surface area contributed by atoms with E-state index in [2.05, 4.69) is 0 Å². The molecular weight excluding hydrogens is 211 g/mol. The van der Waals surface area contributed by atoms with Crippen LogP contribution in [0.1, 0.15) is 11.7 Å². The molecule has 0 bridgehead atoms. The van der Waals surface area contributed by atoms with Crippen molar-refractivity contribution in [3.05, 3.63) is 33.8 Å². The van der Waals surface area contributed by atoms with E-state index in [-0.39, 0.29) is 11.4 Å². The summed E-state index contributed by atoms with van der Waals surface area (Å²) < 4.78 is 0. The molecule has 13 heavy (non-hydrogen) atoms. The van der Waals surface area contributed by atoms with Crippen molar-refractivity contribution in [2.45, 2.75) is 6.10 Å². The smallest absolute Gasteiger partial charge is 0.138 e. The maximum absolute atomic E-state index is 9.44. The van der Waals surface area contributed by atoms with Gasteiger partial charge in [0.15, 0.2) is 0 Å². The third-order valence-corrected chi connectivity index (χ3v) is 2.23. The van der Waals surface area contributed by atoms with Crippen LogP contribution in [0.25, 0.3) is 0 Å². The molecule has 0 unspecified atom stereocenters. The second-order valence-electron chi connectivity index (χ2n) is 2.49. The first-order valence-electron chi connectivity index (χ1n) is 3.50. The Morgan fingerprint density at radius 3 is 2.23 bits per heavy atom. The van der Waals surface area contributed by atoms with Gasteiger partial charge in [-0.05, 0) is 12.1 Å². The highest BCUT2D eigenvalue weighted by Crippen LogP contribution is 2.29. The van der Waals surface area contributed by atoms with E-state index in [1.165, 1.54) is 0 Å². The summed E-state index contributed by atoms with van der Waals surface area (Å²) in [5.41, 5.74) is 5.40. The van der Waals surface area contributed by atoms with Crippen molar-refractivity contribution in [3.8, 4) is 0 Å². The van der Waals surface area contributed by atoms with Crippen molar-refractivity contribution in [2.24, 2.45) is 5.73 Å². The van der Waals surface area contributed by atoms with Gasteiger partial charge in [0, 0.05) is 15.6 Å². The number of nitrogens with one attached hydrogen (secondary N) is 1. The molecule has 5 heteroatoms. The minimum absolute atomic E-state index is 0.276. The Labute approximate surface area is 85.6 Å². The Morgan fingerprint density at radius 2 is 1.85 bits per heavy atom. The van der Waals surface area contributed by atoms with Crippen molar-refractivity contribution in [2.75, 3.05) is 0 Å². The van der Waals surface area contributed by atoms with Crippen LogP contribution in [0, 0.1) is 5.41 Å². The van der Waals surface area contributed by atoms with E-state index in [1.807, 2.05) is 0 Å². The van der Waals surface area contributed by atoms with Crippen LogP contribution in [0.15, 0.2) is 18.2 Å². The fraction of sp³-hybridized carbons (Fsp3) is 0.125. The minimum atomic E-state index is -1.24. The Balaban J connectivity index is 3.20. The number of rotatable bonds is 2. The average Bonchev–Trinajstić information content (AvgIpc) is 2.03. The number of halogens is 2. The topological polar surface area (TPSA) is 70.1 Å². The molecule has 1 aromatic carbocycles. The molecule has 0 saturated carbocycles. The van der Waals surface area contributed by atoms with Gasteiger partial charge in [-0.3, -0.25) is 5.41 Å². The lowest BCUT2D eigenvalue weighted by molar-refractivity contribution is 0.245. The summed E-state index contributed by atoms with van der Waals surface area (Å²) in [6, 6.07) is 4.81. The molecule has 3 nitrogen and oxygen atoms in total. The molecule has 0 saturated heterocycles. The largest absolute Gasteiger partial charge is 0.385 e. The number of aliphatic hydroxyl groups is 1. The van der Waals surface area contributed by atoms with E-state index in [0.717, 1.165) is 0 Å². The van der Waals surface area contributed by atoms with Gasteiger partial charge in [-0.2, -0.15) is 0 Å². The van der Waals surface area contributed by atoms with Crippen molar-refractivity contribution in [3.63, 3.8) is 0 Å². The molecule has 0 heterocycles. The monoisotopic (exact) mass is 218 g/mol. The molecule has 1 rings (SSSR count). The molecule has 0 fully saturated rings. The van der Waals surface area contributed by atoms with Gasteiger partial charge in [0.1, 0.15) is 11.9 Å². The molecule has 0 aliphatic heterocycles. The van der Waals surface area contributed by atoms with E-state index in [9.17, 15) is 5.11 Å². The van der Waals surface area contributed by atoms with Crippen LogP contribution in [0.3, 0.4) is 0 Å². The van der Waals surface area contributed by atoms with Crippen molar-refractivity contribution < 1.29 is 5.11 Å². The summed E-state index contributed by atoms with van der Waals surface area (Å²) in [7, 11) is 0. The summed E-state index contributed by atoms with van der Waals surface area (Å²) in [6.45, 7) is 0. The van der Waals surface area contributed by atoms with E-state index in [0.29, 0.717) is 10.0 Å². The van der Waals surface area contributed by atoms with Gasteiger partial charge in [0.05, 0.1) is 0 Å². The zero-order valence-corrected chi connectivity index (χ0v) is 8.10. The second kappa shape index (κ2) is 3.96. The number of hydrogen-bond acceptors (Lipinski definition) is 2. The third kappa shape index (κ3) is 2.12. The molecule has 70 valence electrons. The van der Waals surface area contributed by atoms with Gasteiger partial charge in [0.25, 0.3) is 0 Å². The van der Waals surface area contributed by atoms with Crippen LogP contribution >= 0.6 is 23.2 Å². The minimum Gasteiger partial charge on any atom is -0.385 e. The van der Waals surface area contributed by atoms with E-state index in [4.69, 9.17) is 34.3 Å². The molecule has 0 radical (unpaired) electrons. The summed E-state index contributed by atoms with van der Waals surface area (Å²) in [4.78, 5) is 0. The van der Waals surface area contributed by atoms with Crippen molar-refractivity contribution in [1.29, 1.82) is 5.41 Å². The lowest BCUT2D eigenvalue weighted by Crippen LogP contribution is -2.20. The Bertz CT molecular complexity index is 321. The van der Waals surface area contributed by atoms with Gasteiger partial charge < -0.3 is 10.8 Å². The maximum atomic E-state index is 9.44. The van der Waals surface area contributed by atoms with Gasteiger partial charge in [-0.1, -0.05) is 29.3 Å². The van der Waals surface area contributed by atoms with Crippen LogP contribution in [0.4, 0.5) is 0 Å². The fourth-order valence-electron chi connectivity index (χ4n) is 0.927. The lowest BCUT2D eigenvalue weighted by Gasteiger charge is -2.12. The quantitative estimate of drug-likeness (QED) is 0.525. The van der Waals surface area contributed by atoms with E-state index >= 15 is 0 Å². The number of aliphatic hydroxyl groups excluding tert-OH is 1. The summed E-state index contributed by atoms with van der Waals surface area (Å²) in [6.07, 6.45) is -1.24. The first kappa shape index (κ1) is 10.3. The lowest BCUT2D eigenvalue weighted by atomic mass is 10.1. The molecule has 0 spiro atoms. The number of nitrogens with two attached hydrogens (primary N) is 1. The zero-order valence-electron chi connectivity index (χ0n) is 6.59. The van der Waals surface area contributed by atoms with Crippen LogP contribution in [-0.2, 0) is 0 Å². The van der Waals surface area contributed by atoms with Gasteiger partial charge >= 0.3 is 0 Å². The van der Waals surface area contributed by atoms with Crippen molar-refractivity contribution in [1.82, 2.24) is 0 Å². The predicted octanol–water partition coefficient (Wildman–Crippen LogP) is 1.96. The van der Waals surface area contributed by atoms with Gasteiger partial charge in [0.2, 0.25) is 0 Å². The SMILES string of the molecule is N=C(N)[C@H](O)c1c(Cl)cccc1Cl. The molecule has 0 amide bonds. The molecule has 0 aliphatic rings. The summed E-state index contributed by atoms with van der Waals surface area (Å²) >= 11 is 11.5. The highest BCUT2D eigenvalue weighted by Gasteiger charge is 2.17. The molecule has 1 atom stereocenters. The highest BCUT2D eigenvalue weighted by atomic mass is 35.5. The zero-order chi connectivity index (χ0) is 10.0. The Kier molecular flexibility index (Phi) is 3.14. The molecule has 0 aromatic heterocycles.